The molecule has 0 spiro atoms. The summed E-state index contributed by atoms with van der Waals surface area (Å²) in [6.07, 6.45) is -3.68. The Morgan fingerprint density at radius 1 is 1.13 bits per heavy atom. The van der Waals surface area contributed by atoms with Crippen LogP contribution in [0.15, 0.2) is 30.3 Å². The first-order chi connectivity index (χ1) is 14.8. The van der Waals surface area contributed by atoms with E-state index in [1.807, 2.05) is 0 Å². The molecule has 1 heterocycles. The third-order valence-corrected chi connectivity index (χ3v) is 5.17. The van der Waals surface area contributed by atoms with E-state index < -0.39 is 11.7 Å². The van der Waals surface area contributed by atoms with E-state index in [0.717, 1.165) is 12.1 Å². The zero-order valence-corrected chi connectivity index (χ0v) is 17.3. The van der Waals surface area contributed by atoms with Crippen molar-refractivity contribution in [3.8, 4) is 11.5 Å². The highest BCUT2D eigenvalue weighted by Gasteiger charge is 2.33. The van der Waals surface area contributed by atoms with Crippen LogP contribution in [0.25, 0.3) is 0 Å². The number of alkyl halides is 3. The predicted octanol–water partition coefficient (Wildman–Crippen LogP) is 3.43. The highest BCUT2D eigenvalue weighted by molar-refractivity contribution is 6.00. The van der Waals surface area contributed by atoms with Gasteiger partial charge in [0.1, 0.15) is 11.5 Å². The summed E-state index contributed by atoms with van der Waals surface area (Å²) in [6, 6.07) is 6.57. The van der Waals surface area contributed by atoms with Crippen LogP contribution in [0.1, 0.15) is 32.6 Å². The second-order valence-corrected chi connectivity index (χ2v) is 7.11. The molecule has 3 rings (SSSR count). The standard InChI is InChI=1S/C22H24F3NO5/c1-29-13-31-20-16(8-10-27)19(30-2)11-17-18(20)12-26(21(17)28)9-7-14-3-5-15(6-4-14)22(23,24)25/h3-6,11,27H,7-10,12-13H2,1-2H3. The lowest BCUT2D eigenvalue weighted by Crippen LogP contribution is -2.26. The zero-order chi connectivity index (χ0) is 22.6. The molecule has 31 heavy (non-hydrogen) atoms. The van der Waals surface area contributed by atoms with Crippen molar-refractivity contribution in [2.24, 2.45) is 0 Å². The molecule has 0 bridgehead atoms. The molecule has 168 valence electrons. The molecule has 6 nitrogen and oxygen atoms in total. The van der Waals surface area contributed by atoms with Gasteiger partial charge in [-0.25, -0.2) is 0 Å². The molecule has 1 amide bonds. The van der Waals surface area contributed by atoms with Gasteiger partial charge in [0.15, 0.2) is 6.79 Å². The molecule has 0 fully saturated rings. The summed E-state index contributed by atoms with van der Waals surface area (Å²) >= 11 is 0. The Hall–Kier alpha value is -2.78. The van der Waals surface area contributed by atoms with E-state index in [1.54, 1.807) is 11.0 Å². The number of aliphatic hydroxyl groups excluding tert-OH is 1. The Morgan fingerprint density at radius 2 is 1.84 bits per heavy atom. The van der Waals surface area contributed by atoms with Gasteiger partial charge in [0, 0.05) is 37.8 Å². The van der Waals surface area contributed by atoms with Crippen molar-refractivity contribution in [2.75, 3.05) is 34.2 Å². The molecular weight excluding hydrogens is 415 g/mol. The molecule has 1 N–H and O–H groups in total. The molecular formula is C22H24F3NO5. The van der Waals surface area contributed by atoms with Crippen LogP contribution < -0.4 is 9.47 Å². The van der Waals surface area contributed by atoms with E-state index in [0.29, 0.717) is 46.7 Å². The molecule has 1 aliphatic heterocycles. The van der Waals surface area contributed by atoms with Gasteiger partial charge < -0.3 is 24.2 Å². The fraction of sp³-hybridized carbons (Fsp3) is 0.409. The van der Waals surface area contributed by atoms with Crippen molar-refractivity contribution in [3.63, 3.8) is 0 Å². The van der Waals surface area contributed by atoms with Gasteiger partial charge in [0.2, 0.25) is 0 Å². The lowest BCUT2D eigenvalue weighted by molar-refractivity contribution is -0.137. The number of halogens is 3. The molecule has 0 saturated carbocycles. The quantitative estimate of drug-likeness (QED) is 0.607. The largest absolute Gasteiger partial charge is 0.496 e. The molecule has 0 radical (unpaired) electrons. The lowest BCUT2D eigenvalue weighted by Gasteiger charge is -2.18. The van der Waals surface area contributed by atoms with Crippen LogP contribution in [0.4, 0.5) is 13.2 Å². The number of ether oxygens (including phenoxy) is 3. The molecule has 2 aromatic rings. The van der Waals surface area contributed by atoms with Crippen LogP contribution in [0, 0.1) is 0 Å². The van der Waals surface area contributed by atoms with E-state index in [-0.39, 0.29) is 32.3 Å². The summed E-state index contributed by atoms with van der Waals surface area (Å²) in [5.74, 6) is 0.686. The van der Waals surface area contributed by atoms with Crippen molar-refractivity contribution < 1.29 is 37.3 Å². The van der Waals surface area contributed by atoms with Crippen LogP contribution in [0.3, 0.4) is 0 Å². The zero-order valence-electron chi connectivity index (χ0n) is 17.3. The predicted molar refractivity (Wildman–Crippen MR) is 106 cm³/mol. The molecule has 0 unspecified atom stereocenters. The normalized spacial score (nSPS) is 13.5. The Bertz CT molecular complexity index is 928. The number of fused-ring (bicyclic) bond motifs is 1. The van der Waals surface area contributed by atoms with Crippen molar-refractivity contribution in [1.29, 1.82) is 0 Å². The van der Waals surface area contributed by atoms with E-state index in [1.165, 1.54) is 26.4 Å². The van der Waals surface area contributed by atoms with Crippen LogP contribution in [-0.2, 0) is 30.3 Å². The fourth-order valence-electron chi connectivity index (χ4n) is 3.63. The Morgan fingerprint density at radius 3 is 2.42 bits per heavy atom. The monoisotopic (exact) mass is 439 g/mol. The van der Waals surface area contributed by atoms with E-state index in [9.17, 15) is 23.1 Å². The summed E-state index contributed by atoms with van der Waals surface area (Å²) < 4.78 is 54.3. The number of hydrogen-bond acceptors (Lipinski definition) is 5. The summed E-state index contributed by atoms with van der Waals surface area (Å²) in [4.78, 5) is 14.6. The number of carbonyl (C=O) groups excluding carboxylic acids is 1. The lowest BCUT2D eigenvalue weighted by atomic mass is 10.0. The van der Waals surface area contributed by atoms with Gasteiger partial charge in [-0.15, -0.1) is 0 Å². The van der Waals surface area contributed by atoms with Crippen LogP contribution >= 0.6 is 0 Å². The van der Waals surface area contributed by atoms with Crippen molar-refractivity contribution >= 4 is 5.91 Å². The number of hydrogen-bond donors (Lipinski definition) is 1. The number of methoxy groups -OCH3 is 2. The van der Waals surface area contributed by atoms with Gasteiger partial charge in [-0.2, -0.15) is 13.2 Å². The minimum Gasteiger partial charge on any atom is -0.496 e. The topological polar surface area (TPSA) is 68.2 Å². The first kappa shape index (κ1) is 22.9. The van der Waals surface area contributed by atoms with Gasteiger partial charge in [0.25, 0.3) is 5.91 Å². The number of nitrogens with zero attached hydrogens (tertiary/aromatic N) is 1. The number of amides is 1. The molecule has 0 atom stereocenters. The third-order valence-electron chi connectivity index (χ3n) is 5.17. The molecule has 0 aromatic heterocycles. The maximum atomic E-state index is 13.0. The molecule has 0 saturated heterocycles. The smallest absolute Gasteiger partial charge is 0.416 e. The van der Waals surface area contributed by atoms with Crippen LogP contribution in [0.5, 0.6) is 11.5 Å². The first-order valence-corrected chi connectivity index (χ1v) is 9.70. The van der Waals surface area contributed by atoms with Gasteiger partial charge in [-0.05, 0) is 30.2 Å². The third kappa shape index (κ3) is 4.94. The maximum absolute atomic E-state index is 13.0. The van der Waals surface area contributed by atoms with E-state index in [4.69, 9.17) is 14.2 Å². The van der Waals surface area contributed by atoms with Crippen LogP contribution in [-0.4, -0.2) is 50.1 Å². The summed E-state index contributed by atoms with van der Waals surface area (Å²) in [7, 11) is 2.96. The van der Waals surface area contributed by atoms with Gasteiger partial charge >= 0.3 is 6.18 Å². The van der Waals surface area contributed by atoms with Crippen molar-refractivity contribution in [2.45, 2.75) is 25.6 Å². The minimum atomic E-state index is -4.38. The van der Waals surface area contributed by atoms with Gasteiger partial charge in [-0.3, -0.25) is 4.79 Å². The SMILES string of the molecule is COCOc1c(CCO)c(OC)cc2c1CN(CCc1ccc(C(F)(F)F)cc1)C2=O. The molecule has 1 aliphatic rings. The summed E-state index contributed by atoms with van der Waals surface area (Å²) in [5.41, 5.74) is 1.77. The Kier molecular flexibility index (Phi) is 7.07. The minimum absolute atomic E-state index is 0.0300. The molecule has 2 aromatic carbocycles. The van der Waals surface area contributed by atoms with E-state index >= 15 is 0 Å². The maximum Gasteiger partial charge on any atom is 0.416 e. The van der Waals surface area contributed by atoms with Crippen molar-refractivity contribution in [3.05, 3.63) is 58.1 Å². The number of rotatable bonds is 9. The Labute approximate surface area is 178 Å². The van der Waals surface area contributed by atoms with Crippen LogP contribution in [0.2, 0.25) is 0 Å². The number of benzene rings is 2. The molecule has 9 heteroatoms. The van der Waals surface area contributed by atoms with Crippen molar-refractivity contribution in [1.82, 2.24) is 4.90 Å². The summed E-state index contributed by atoms with van der Waals surface area (Å²) in [5, 5.41) is 9.43. The molecule has 0 aliphatic carbocycles. The average molecular weight is 439 g/mol. The highest BCUT2D eigenvalue weighted by Crippen LogP contribution is 2.40. The average Bonchev–Trinajstić information content (AvgIpc) is 3.06. The highest BCUT2D eigenvalue weighted by atomic mass is 19.4. The van der Waals surface area contributed by atoms with Gasteiger partial charge in [-0.1, -0.05) is 12.1 Å². The fourth-order valence-corrected chi connectivity index (χ4v) is 3.63. The van der Waals surface area contributed by atoms with E-state index in [2.05, 4.69) is 0 Å². The second-order valence-electron chi connectivity index (χ2n) is 7.11. The van der Waals surface area contributed by atoms with Gasteiger partial charge in [0.05, 0.1) is 24.8 Å². The number of aliphatic hydroxyl groups is 1. The Balaban J connectivity index is 1.81. The second kappa shape index (κ2) is 9.57. The summed E-state index contributed by atoms with van der Waals surface area (Å²) in [6.45, 7) is 0.471. The number of carbonyl (C=O) groups is 1. The first-order valence-electron chi connectivity index (χ1n) is 9.70.